The maximum Gasteiger partial charge on any atom is 0.338 e. The Labute approximate surface area is 276 Å². The van der Waals surface area contributed by atoms with Crippen LogP contribution in [0.3, 0.4) is 0 Å². The lowest BCUT2D eigenvalue weighted by Gasteiger charge is -2.28. The summed E-state index contributed by atoms with van der Waals surface area (Å²) in [7, 11) is 1.45. The maximum atomic E-state index is 12.6. The zero-order valence-corrected chi connectivity index (χ0v) is 27.9. The lowest BCUT2D eigenvalue weighted by atomic mass is 9.95. The highest BCUT2D eigenvalue weighted by atomic mass is 127. The molecule has 0 aliphatic carbocycles. The van der Waals surface area contributed by atoms with Crippen molar-refractivity contribution in [2.24, 2.45) is 5.10 Å². The minimum absolute atomic E-state index is 0.187. The van der Waals surface area contributed by atoms with Crippen molar-refractivity contribution >= 4 is 62.6 Å². The van der Waals surface area contributed by atoms with Crippen LogP contribution in [0.25, 0.3) is 0 Å². The number of carbonyl (C=O) groups excluding carboxylic acids is 3. The van der Waals surface area contributed by atoms with Gasteiger partial charge in [-0.3, -0.25) is 4.79 Å². The van der Waals surface area contributed by atoms with Gasteiger partial charge in [0.05, 0.1) is 36.0 Å². The first-order valence-corrected chi connectivity index (χ1v) is 15.3. The van der Waals surface area contributed by atoms with E-state index in [1.807, 2.05) is 42.5 Å². The van der Waals surface area contributed by atoms with E-state index in [9.17, 15) is 14.4 Å². The van der Waals surface area contributed by atoms with Crippen molar-refractivity contribution in [1.29, 1.82) is 0 Å². The molecule has 230 valence electrons. The lowest BCUT2D eigenvalue weighted by molar-refractivity contribution is -0.139. The van der Waals surface area contributed by atoms with Crippen LogP contribution in [-0.4, -0.2) is 44.4 Å². The van der Waals surface area contributed by atoms with Crippen LogP contribution in [0.5, 0.6) is 17.2 Å². The molecule has 13 heteroatoms. The molecule has 4 rings (SSSR count). The van der Waals surface area contributed by atoms with Crippen LogP contribution in [0.15, 0.2) is 81.5 Å². The minimum Gasteiger partial charge on any atom is -0.493 e. The third-order valence-corrected chi connectivity index (χ3v) is 7.65. The van der Waals surface area contributed by atoms with Gasteiger partial charge in [-0.2, -0.15) is 5.10 Å². The van der Waals surface area contributed by atoms with Crippen molar-refractivity contribution in [3.63, 3.8) is 0 Å². The summed E-state index contributed by atoms with van der Waals surface area (Å²) < 4.78 is 24.1. The number of carbonyl (C=O) groups is 3. The molecule has 1 atom stereocenters. The quantitative estimate of drug-likeness (QED) is 0.0976. The SMILES string of the molecule is CCOC(=O)C1=C(C)NC(=O)N[C@@H]1c1ccc(OCC(=O)N/N=C\c2ccc(OCc3ccc(I)cc3)c(Br)c2)c(OC)c1. The second-order valence-corrected chi connectivity index (χ2v) is 11.5. The molecule has 0 bridgehead atoms. The molecule has 0 saturated heterocycles. The van der Waals surface area contributed by atoms with Crippen LogP contribution in [0.4, 0.5) is 4.79 Å². The van der Waals surface area contributed by atoms with E-state index in [4.69, 9.17) is 18.9 Å². The highest BCUT2D eigenvalue weighted by molar-refractivity contribution is 14.1. The second-order valence-electron chi connectivity index (χ2n) is 9.39. The van der Waals surface area contributed by atoms with Crippen LogP contribution >= 0.6 is 38.5 Å². The Morgan fingerprint density at radius 3 is 2.50 bits per heavy atom. The standard InChI is InChI=1S/C31H30BrIN4O7/c1-4-42-30(39)28-18(2)35-31(40)36-29(28)21-8-12-25(26(14-21)41-3)44-17-27(38)37-34-15-20-7-11-24(23(32)13-20)43-16-19-5-9-22(33)10-6-19/h5-15,29H,4,16-17H2,1-3H3,(H,37,38)(H2,35,36,40)/b34-15-/t29-/m1/s1. The molecule has 0 aromatic heterocycles. The van der Waals surface area contributed by atoms with Crippen LogP contribution in [0.2, 0.25) is 0 Å². The number of nitrogens with one attached hydrogen (secondary N) is 3. The Morgan fingerprint density at radius 1 is 1.05 bits per heavy atom. The number of halogens is 2. The second kappa shape index (κ2) is 15.6. The molecular weight excluding hydrogens is 747 g/mol. The van der Waals surface area contributed by atoms with Crippen molar-refractivity contribution in [2.75, 3.05) is 20.3 Å². The number of benzene rings is 3. The molecule has 3 aromatic carbocycles. The van der Waals surface area contributed by atoms with Crippen molar-refractivity contribution < 1.29 is 33.3 Å². The van der Waals surface area contributed by atoms with Crippen molar-refractivity contribution in [3.8, 4) is 17.2 Å². The fraction of sp³-hybridized carbons (Fsp3) is 0.226. The minimum atomic E-state index is -0.767. The number of ether oxygens (including phenoxy) is 4. The Morgan fingerprint density at radius 2 is 1.80 bits per heavy atom. The summed E-state index contributed by atoms with van der Waals surface area (Å²) in [5.74, 6) is 0.246. The topological polar surface area (TPSA) is 137 Å². The zero-order chi connectivity index (χ0) is 31.6. The van der Waals surface area contributed by atoms with Crippen LogP contribution in [0, 0.1) is 3.57 Å². The highest BCUT2D eigenvalue weighted by Gasteiger charge is 2.32. The van der Waals surface area contributed by atoms with Gasteiger partial charge in [-0.25, -0.2) is 15.0 Å². The molecule has 0 fully saturated rings. The molecule has 0 saturated carbocycles. The number of esters is 1. The Bertz CT molecular complexity index is 1590. The van der Waals surface area contributed by atoms with Gasteiger partial charge in [0, 0.05) is 9.27 Å². The number of hydrogen-bond acceptors (Lipinski definition) is 8. The molecular formula is C31H30BrIN4O7. The third-order valence-electron chi connectivity index (χ3n) is 6.31. The fourth-order valence-electron chi connectivity index (χ4n) is 4.22. The number of allylic oxidation sites excluding steroid dienone is 1. The predicted molar refractivity (Wildman–Crippen MR) is 176 cm³/mol. The smallest absolute Gasteiger partial charge is 0.338 e. The highest BCUT2D eigenvalue weighted by Crippen LogP contribution is 2.34. The van der Waals surface area contributed by atoms with Crippen LogP contribution in [-0.2, 0) is 20.9 Å². The normalized spacial score (nSPS) is 14.5. The Hall–Kier alpha value is -4.11. The number of hydrazone groups is 1. The molecule has 0 spiro atoms. The first kappa shape index (κ1) is 32.8. The van der Waals surface area contributed by atoms with E-state index in [1.54, 1.807) is 32.0 Å². The molecule has 1 aliphatic rings. The molecule has 1 heterocycles. The van der Waals surface area contributed by atoms with E-state index in [0.29, 0.717) is 35.1 Å². The van der Waals surface area contributed by atoms with Crippen molar-refractivity contribution in [1.82, 2.24) is 16.1 Å². The molecule has 3 aromatic rings. The van der Waals surface area contributed by atoms with Gasteiger partial charge in [0.15, 0.2) is 18.1 Å². The molecule has 44 heavy (non-hydrogen) atoms. The van der Waals surface area contributed by atoms with Crippen LogP contribution in [0.1, 0.15) is 36.6 Å². The first-order valence-electron chi connectivity index (χ1n) is 13.4. The summed E-state index contributed by atoms with van der Waals surface area (Å²) in [6, 6.07) is 17.2. The van der Waals surface area contributed by atoms with Crippen molar-refractivity contribution in [3.05, 3.63) is 96.7 Å². The van der Waals surface area contributed by atoms with Gasteiger partial charge in [-0.15, -0.1) is 0 Å². The molecule has 1 aliphatic heterocycles. The van der Waals surface area contributed by atoms with Crippen molar-refractivity contribution in [2.45, 2.75) is 26.5 Å². The van der Waals surface area contributed by atoms with Gasteiger partial charge >= 0.3 is 12.0 Å². The molecule has 3 N–H and O–H groups in total. The van der Waals surface area contributed by atoms with E-state index < -0.39 is 23.9 Å². The number of rotatable bonds is 12. The average Bonchev–Trinajstić information content (AvgIpc) is 3.00. The predicted octanol–water partition coefficient (Wildman–Crippen LogP) is 5.36. The number of methoxy groups -OCH3 is 1. The summed E-state index contributed by atoms with van der Waals surface area (Å²) >= 11 is 5.77. The number of urea groups is 1. The van der Waals surface area contributed by atoms with Gasteiger partial charge in [0.25, 0.3) is 5.91 Å². The summed E-state index contributed by atoms with van der Waals surface area (Å²) in [6.07, 6.45) is 1.50. The number of hydrogen-bond donors (Lipinski definition) is 3. The molecule has 0 radical (unpaired) electrons. The van der Waals surface area contributed by atoms with Gasteiger partial charge in [0.2, 0.25) is 0 Å². The molecule has 11 nitrogen and oxygen atoms in total. The largest absolute Gasteiger partial charge is 0.493 e. The molecule has 3 amide bonds. The maximum absolute atomic E-state index is 12.6. The third kappa shape index (κ3) is 8.72. The van der Waals surface area contributed by atoms with Crippen LogP contribution < -0.4 is 30.3 Å². The first-order chi connectivity index (χ1) is 21.2. The monoisotopic (exact) mass is 776 g/mol. The summed E-state index contributed by atoms with van der Waals surface area (Å²) in [5.41, 5.74) is 5.47. The summed E-state index contributed by atoms with van der Waals surface area (Å²) in [4.78, 5) is 37.1. The molecule has 0 unspecified atom stereocenters. The van der Waals surface area contributed by atoms with Gasteiger partial charge in [-0.05, 0) is 112 Å². The zero-order valence-electron chi connectivity index (χ0n) is 24.1. The van der Waals surface area contributed by atoms with E-state index in [0.717, 1.165) is 19.2 Å². The summed E-state index contributed by atoms with van der Waals surface area (Å²) in [5, 5.41) is 9.34. The van der Waals surface area contributed by atoms with E-state index in [-0.39, 0.29) is 18.8 Å². The average molecular weight is 777 g/mol. The number of nitrogens with zero attached hydrogens (tertiary/aromatic N) is 1. The van der Waals surface area contributed by atoms with Gasteiger partial charge < -0.3 is 29.6 Å². The number of amides is 3. The Kier molecular flexibility index (Phi) is 11.6. The fourth-order valence-corrected chi connectivity index (χ4v) is 5.09. The van der Waals surface area contributed by atoms with Gasteiger partial charge in [0.1, 0.15) is 12.4 Å². The van der Waals surface area contributed by atoms with E-state index >= 15 is 0 Å². The van der Waals surface area contributed by atoms with E-state index in [2.05, 4.69) is 59.7 Å². The lowest BCUT2D eigenvalue weighted by Crippen LogP contribution is -2.45. The Balaban J connectivity index is 1.33. The summed E-state index contributed by atoms with van der Waals surface area (Å²) in [6.45, 7) is 3.62. The van der Waals surface area contributed by atoms with E-state index in [1.165, 1.54) is 13.3 Å². The van der Waals surface area contributed by atoms with Gasteiger partial charge in [-0.1, -0.05) is 18.2 Å².